The first-order chi connectivity index (χ1) is 9.43. The molecule has 1 unspecified atom stereocenters. The van der Waals surface area contributed by atoms with Crippen LogP contribution in [0.25, 0.3) is 5.65 Å². The third-order valence-electron chi connectivity index (χ3n) is 3.46. The normalized spacial score (nSPS) is 14.0. The number of anilines is 1. The molecule has 0 aromatic carbocycles. The molecule has 0 amide bonds. The van der Waals surface area contributed by atoms with E-state index in [9.17, 15) is 8.42 Å². The van der Waals surface area contributed by atoms with Crippen LogP contribution in [0.5, 0.6) is 0 Å². The van der Waals surface area contributed by atoms with Gasteiger partial charge >= 0.3 is 0 Å². The first-order valence-electron chi connectivity index (χ1n) is 6.67. The van der Waals surface area contributed by atoms with Crippen LogP contribution >= 0.6 is 0 Å². The van der Waals surface area contributed by atoms with Crippen LogP contribution in [0, 0.1) is 0 Å². The lowest BCUT2D eigenvalue weighted by molar-refractivity contribution is 0.341. The van der Waals surface area contributed by atoms with Crippen LogP contribution in [0.4, 0.5) is 5.82 Å². The summed E-state index contributed by atoms with van der Waals surface area (Å²) in [4.78, 5) is 4.12. The van der Waals surface area contributed by atoms with Crippen molar-refractivity contribution < 1.29 is 8.42 Å². The molecule has 2 rings (SSSR count). The highest BCUT2D eigenvalue weighted by Crippen LogP contribution is 2.25. The van der Waals surface area contributed by atoms with Gasteiger partial charge in [-0.05, 0) is 25.5 Å². The molecule has 0 fully saturated rings. The number of nitrogens with zero attached hydrogens (tertiary/aromatic N) is 3. The molecule has 0 radical (unpaired) electrons. The minimum Gasteiger partial charge on any atom is -0.381 e. The molecule has 0 aliphatic carbocycles. The van der Waals surface area contributed by atoms with Gasteiger partial charge in [0, 0.05) is 18.8 Å². The lowest BCUT2D eigenvalue weighted by Gasteiger charge is -2.26. The van der Waals surface area contributed by atoms with E-state index in [1.165, 1.54) is 8.71 Å². The molecule has 7 heteroatoms. The maximum Gasteiger partial charge on any atom is 0.263 e. The molecule has 20 heavy (non-hydrogen) atoms. The Morgan fingerprint density at radius 1 is 1.40 bits per heavy atom. The lowest BCUT2D eigenvalue weighted by Crippen LogP contribution is -2.38. The van der Waals surface area contributed by atoms with E-state index in [0.717, 1.165) is 6.42 Å². The molecule has 0 spiro atoms. The predicted octanol–water partition coefficient (Wildman–Crippen LogP) is 1.73. The first kappa shape index (κ1) is 14.8. The summed E-state index contributed by atoms with van der Waals surface area (Å²) in [5.41, 5.74) is 6.37. The highest BCUT2D eigenvalue weighted by atomic mass is 32.2. The van der Waals surface area contributed by atoms with E-state index in [1.807, 2.05) is 20.8 Å². The van der Waals surface area contributed by atoms with E-state index < -0.39 is 10.0 Å². The second-order valence-corrected chi connectivity index (χ2v) is 6.50. The van der Waals surface area contributed by atoms with Crippen molar-refractivity contribution in [3.05, 3.63) is 24.4 Å². The summed E-state index contributed by atoms with van der Waals surface area (Å²) >= 11 is 0. The average Bonchev–Trinajstić information content (AvgIpc) is 2.75. The Balaban J connectivity index is 2.65. The van der Waals surface area contributed by atoms with Crippen LogP contribution in [-0.2, 0) is 10.0 Å². The van der Waals surface area contributed by atoms with Crippen LogP contribution < -0.4 is 5.73 Å². The second-order valence-electron chi connectivity index (χ2n) is 4.70. The number of nitrogens with two attached hydrogens (primary N) is 1. The summed E-state index contributed by atoms with van der Waals surface area (Å²) in [6, 6.07) is 5.20. The van der Waals surface area contributed by atoms with Gasteiger partial charge < -0.3 is 5.73 Å². The maximum absolute atomic E-state index is 12.8. The summed E-state index contributed by atoms with van der Waals surface area (Å²) in [6.45, 7) is 6.07. The van der Waals surface area contributed by atoms with Crippen LogP contribution in [0.2, 0.25) is 0 Å². The molecule has 2 N–H and O–H groups in total. The van der Waals surface area contributed by atoms with Gasteiger partial charge in [-0.15, -0.1) is 0 Å². The molecule has 0 saturated heterocycles. The fourth-order valence-corrected chi connectivity index (χ4v) is 4.18. The third-order valence-corrected chi connectivity index (χ3v) is 5.59. The smallest absolute Gasteiger partial charge is 0.263 e. The topological polar surface area (TPSA) is 80.7 Å². The number of fused-ring (bicyclic) bond motifs is 1. The standard InChI is InChI=1S/C13H20N4O2S/c1-4-10(3)17(5-2)20(18,19)13-12(14)15-11-8-6-7-9-16(11)13/h6-10H,4-5,14H2,1-3H3. The van der Waals surface area contributed by atoms with Crippen LogP contribution in [0.3, 0.4) is 0 Å². The molecule has 6 nitrogen and oxygen atoms in total. The van der Waals surface area contributed by atoms with Gasteiger partial charge in [-0.25, -0.2) is 13.4 Å². The monoisotopic (exact) mass is 296 g/mol. The number of sulfonamides is 1. The quantitative estimate of drug-likeness (QED) is 0.911. The van der Waals surface area contributed by atoms with Crippen LogP contribution in [0.15, 0.2) is 29.4 Å². The van der Waals surface area contributed by atoms with Crippen molar-refractivity contribution in [3.63, 3.8) is 0 Å². The van der Waals surface area contributed by atoms with E-state index in [4.69, 9.17) is 5.73 Å². The number of nitrogen functional groups attached to an aromatic ring is 1. The number of aromatic nitrogens is 2. The number of rotatable bonds is 5. The molecular formula is C13H20N4O2S. The van der Waals surface area contributed by atoms with Gasteiger partial charge in [0.1, 0.15) is 5.65 Å². The minimum atomic E-state index is -3.67. The molecule has 2 heterocycles. The SMILES string of the molecule is CCC(C)N(CC)S(=O)(=O)c1c(N)nc2ccccn12. The van der Waals surface area contributed by atoms with E-state index in [2.05, 4.69) is 4.98 Å². The Morgan fingerprint density at radius 2 is 2.10 bits per heavy atom. The molecule has 0 saturated carbocycles. The fraction of sp³-hybridized carbons (Fsp3) is 0.462. The van der Waals surface area contributed by atoms with Gasteiger partial charge in [0.25, 0.3) is 10.0 Å². The van der Waals surface area contributed by atoms with Gasteiger partial charge in [0.05, 0.1) is 0 Å². The summed E-state index contributed by atoms with van der Waals surface area (Å²) in [5, 5.41) is 0.0512. The first-order valence-corrected chi connectivity index (χ1v) is 8.11. The van der Waals surface area contributed by atoms with E-state index in [-0.39, 0.29) is 16.9 Å². The third kappa shape index (κ3) is 2.27. The Labute approximate surface area is 119 Å². The van der Waals surface area contributed by atoms with Crippen molar-refractivity contribution in [2.45, 2.75) is 38.3 Å². The summed E-state index contributed by atoms with van der Waals surface area (Å²) in [5.74, 6) is 0.0398. The summed E-state index contributed by atoms with van der Waals surface area (Å²) in [7, 11) is -3.67. The minimum absolute atomic E-state index is 0.0398. The maximum atomic E-state index is 12.8. The van der Waals surface area contributed by atoms with E-state index >= 15 is 0 Å². The van der Waals surface area contributed by atoms with Gasteiger partial charge in [-0.3, -0.25) is 4.40 Å². The number of hydrogen-bond acceptors (Lipinski definition) is 4. The molecule has 110 valence electrons. The molecule has 0 aliphatic rings. The summed E-state index contributed by atoms with van der Waals surface area (Å²) < 4.78 is 28.7. The Kier molecular flexibility index (Phi) is 4.01. The predicted molar refractivity (Wildman–Crippen MR) is 78.9 cm³/mol. The molecule has 2 aromatic heterocycles. The summed E-state index contributed by atoms with van der Waals surface area (Å²) in [6.07, 6.45) is 2.40. The number of hydrogen-bond donors (Lipinski definition) is 1. The van der Waals surface area contributed by atoms with Crippen molar-refractivity contribution >= 4 is 21.5 Å². The number of imidazole rings is 1. The van der Waals surface area contributed by atoms with Crippen molar-refractivity contribution in [1.82, 2.24) is 13.7 Å². The molecule has 1 atom stereocenters. The lowest BCUT2D eigenvalue weighted by atomic mass is 10.3. The molecular weight excluding hydrogens is 276 g/mol. The van der Waals surface area contributed by atoms with E-state index in [0.29, 0.717) is 12.2 Å². The largest absolute Gasteiger partial charge is 0.381 e. The van der Waals surface area contributed by atoms with Crippen LogP contribution in [0.1, 0.15) is 27.2 Å². The van der Waals surface area contributed by atoms with Gasteiger partial charge in [-0.1, -0.05) is 19.9 Å². The molecule has 0 aliphatic heterocycles. The van der Waals surface area contributed by atoms with Crippen molar-refractivity contribution in [1.29, 1.82) is 0 Å². The highest BCUT2D eigenvalue weighted by molar-refractivity contribution is 7.89. The average molecular weight is 296 g/mol. The fourth-order valence-electron chi connectivity index (χ4n) is 2.28. The van der Waals surface area contributed by atoms with E-state index in [1.54, 1.807) is 24.4 Å². The Hall–Kier alpha value is -1.60. The number of pyridine rings is 1. The van der Waals surface area contributed by atoms with Crippen LogP contribution in [-0.4, -0.2) is 34.7 Å². The molecule has 2 aromatic rings. The molecule has 0 bridgehead atoms. The van der Waals surface area contributed by atoms with Gasteiger partial charge in [0.15, 0.2) is 10.8 Å². The van der Waals surface area contributed by atoms with Crippen molar-refractivity contribution in [3.8, 4) is 0 Å². The van der Waals surface area contributed by atoms with Crippen molar-refractivity contribution in [2.75, 3.05) is 12.3 Å². The highest BCUT2D eigenvalue weighted by Gasteiger charge is 2.32. The Morgan fingerprint density at radius 3 is 2.70 bits per heavy atom. The zero-order valence-corrected chi connectivity index (χ0v) is 12.8. The zero-order chi connectivity index (χ0) is 14.9. The zero-order valence-electron chi connectivity index (χ0n) is 11.9. The second kappa shape index (κ2) is 5.41. The van der Waals surface area contributed by atoms with Gasteiger partial charge in [-0.2, -0.15) is 4.31 Å². The van der Waals surface area contributed by atoms with Crippen molar-refractivity contribution in [2.24, 2.45) is 0 Å². The Bertz CT molecular complexity index is 708. The van der Waals surface area contributed by atoms with Gasteiger partial charge in [0.2, 0.25) is 0 Å².